The SMILES string of the molecule is CCC1OCCC1CNCC1COCC1N. The molecule has 2 rings (SSSR count). The van der Waals surface area contributed by atoms with Crippen LogP contribution in [-0.4, -0.2) is 45.1 Å². The molecule has 4 nitrogen and oxygen atoms in total. The van der Waals surface area contributed by atoms with E-state index in [4.69, 9.17) is 15.2 Å². The molecule has 0 aromatic heterocycles. The number of nitrogens with one attached hydrogen (secondary N) is 1. The van der Waals surface area contributed by atoms with E-state index in [1.807, 2.05) is 0 Å². The van der Waals surface area contributed by atoms with Gasteiger partial charge in [-0.25, -0.2) is 0 Å². The van der Waals surface area contributed by atoms with E-state index in [1.165, 1.54) is 6.42 Å². The highest BCUT2D eigenvalue weighted by Crippen LogP contribution is 2.22. The van der Waals surface area contributed by atoms with Gasteiger partial charge in [0.1, 0.15) is 0 Å². The monoisotopic (exact) mass is 228 g/mol. The number of rotatable bonds is 5. The first-order valence-electron chi connectivity index (χ1n) is 6.47. The maximum atomic E-state index is 5.94. The molecule has 0 spiro atoms. The predicted octanol–water partition coefficient (Wildman–Crippen LogP) is 0.365. The second-order valence-electron chi connectivity index (χ2n) is 4.99. The van der Waals surface area contributed by atoms with Gasteiger partial charge in [-0.15, -0.1) is 0 Å². The Balaban J connectivity index is 1.63. The van der Waals surface area contributed by atoms with E-state index in [2.05, 4.69) is 12.2 Å². The minimum Gasteiger partial charge on any atom is -0.379 e. The van der Waals surface area contributed by atoms with Crippen LogP contribution in [0.25, 0.3) is 0 Å². The van der Waals surface area contributed by atoms with E-state index in [-0.39, 0.29) is 6.04 Å². The van der Waals surface area contributed by atoms with Gasteiger partial charge in [0.05, 0.1) is 19.3 Å². The van der Waals surface area contributed by atoms with E-state index in [9.17, 15) is 0 Å². The van der Waals surface area contributed by atoms with Gasteiger partial charge >= 0.3 is 0 Å². The lowest BCUT2D eigenvalue weighted by Gasteiger charge is -2.19. The molecule has 0 aromatic rings. The summed E-state index contributed by atoms with van der Waals surface area (Å²) in [6.45, 7) is 6.69. The van der Waals surface area contributed by atoms with Crippen LogP contribution in [0, 0.1) is 11.8 Å². The fraction of sp³-hybridized carbons (Fsp3) is 1.00. The summed E-state index contributed by atoms with van der Waals surface area (Å²) in [5.74, 6) is 1.17. The van der Waals surface area contributed by atoms with Crippen LogP contribution >= 0.6 is 0 Å². The molecule has 2 fully saturated rings. The van der Waals surface area contributed by atoms with Crippen molar-refractivity contribution in [1.29, 1.82) is 0 Å². The maximum absolute atomic E-state index is 5.94. The quantitative estimate of drug-likeness (QED) is 0.713. The van der Waals surface area contributed by atoms with Crippen molar-refractivity contribution in [3.05, 3.63) is 0 Å². The lowest BCUT2D eigenvalue weighted by Crippen LogP contribution is -2.38. The third-order valence-electron chi connectivity index (χ3n) is 3.81. The lowest BCUT2D eigenvalue weighted by atomic mass is 9.99. The van der Waals surface area contributed by atoms with Crippen molar-refractivity contribution in [3.8, 4) is 0 Å². The summed E-state index contributed by atoms with van der Waals surface area (Å²) >= 11 is 0. The van der Waals surface area contributed by atoms with Crippen LogP contribution < -0.4 is 11.1 Å². The summed E-state index contributed by atoms with van der Waals surface area (Å²) < 4.78 is 11.0. The van der Waals surface area contributed by atoms with Crippen LogP contribution in [0.4, 0.5) is 0 Å². The molecule has 0 aliphatic carbocycles. The van der Waals surface area contributed by atoms with Crippen molar-refractivity contribution in [2.24, 2.45) is 17.6 Å². The second kappa shape index (κ2) is 5.96. The Kier molecular flexibility index (Phi) is 4.58. The molecule has 2 heterocycles. The van der Waals surface area contributed by atoms with Crippen molar-refractivity contribution in [2.75, 3.05) is 32.9 Å². The summed E-state index contributed by atoms with van der Waals surface area (Å²) in [6.07, 6.45) is 2.78. The Morgan fingerprint density at radius 1 is 1.25 bits per heavy atom. The van der Waals surface area contributed by atoms with E-state index in [0.29, 0.717) is 17.9 Å². The molecular weight excluding hydrogens is 204 g/mol. The second-order valence-corrected chi connectivity index (χ2v) is 4.99. The standard InChI is InChI=1S/C12H24N2O2/c1-2-12-9(3-4-16-12)5-14-6-10-7-15-8-11(10)13/h9-12,14H,2-8,13H2,1H3. The Morgan fingerprint density at radius 2 is 2.06 bits per heavy atom. The molecule has 0 radical (unpaired) electrons. The fourth-order valence-electron chi connectivity index (χ4n) is 2.66. The van der Waals surface area contributed by atoms with Crippen LogP contribution in [0.3, 0.4) is 0 Å². The zero-order chi connectivity index (χ0) is 11.4. The summed E-state index contributed by atoms with van der Waals surface area (Å²) in [5.41, 5.74) is 5.94. The van der Waals surface area contributed by atoms with Crippen molar-refractivity contribution < 1.29 is 9.47 Å². The Labute approximate surface area is 97.9 Å². The normalized spacial score (nSPS) is 39.4. The van der Waals surface area contributed by atoms with Gasteiger partial charge < -0.3 is 20.5 Å². The Hall–Kier alpha value is -0.160. The molecule has 0 aromatic carbocycles. The van der Waals surface area contributed by atoms with Gasteiger partial charge in [-0.1, -0.05) is 6.92 Å². The molecule has 2 aliphatic heterocycles. The van der Waals surface area contributed by atoms with Gasteiger partial charge in [0.25, 0.3) is 0 Å². The highest BCUT2D eigenvalue weighted by Gasteiger charge is 2.28. The summed E-state index contributed by atoms with van der Waals surface area (Å²) in [4.78, 5) is 0. The lowest BCUT2D eigenvalue weighted by molar-refractivity contribution is 0.0869. The van der Waals surface area contributed by atoms with Crippen molar-refractivity contribution in [2.45, 2.75) is 31.9 Å². The van der Waals surface area contributed by atoms with Crippen LogP contribution in [-0.2, 0) is 9.47 Å². The van der Waals surface area contributed by atoms with Crippen molar-refractivity contribution in [1.82, 2.24) is 5.32 Å². The third-order valence-corrected chi connectivity index (χ3v) is 3.81. The minimum atomic E-state index is 0.217. The summed E-state index contributed by atoms with van der Waals surface area (Å²) in [6, 6.07) is 0.217. The van der Waals surface area contributed by atoms with Gasteiger partial charge in [0.2, 0.25) is 0 Å². The van der Waals surface area contributed by atoms with Gasteiger partial charge in [-0.05, 0) is 18.8 Å². The first kappa shape index (κ1) is 12.3. The first-order valence-corrected chi connectivity index (χ1v) is 6.47. The molecule has 16 heavy (non-hydrogen) atoms. The first-order chi connectivity index (χ1) is 7.81. The zero-order valence-corrected chi connectivity index (χ0v) is 10.2. The van der Waals surface area contributed by atoms with Gasteiger partial charge in [0, 0.05) is 31.7 Å². The number of hydrogen-bond acceptors (Lipinski definition) is 4. The smallest absolute Gasteiger partial charge is 0.0621 e. The highest BCUT2D eigenvalue weighted by atomic mass is 16.5. The van der Waals surface area contributed by atoms with E-state index < -0.39 is 0 Å². The molecule has 4 atom stereocenters. The van der Waals surface area contributed by atoms with E-state index >= 15 is 0 Å². The van der Waals surface area contributed by atoms with Crippen LogP contribution in [0.1, 0.15) is 19.8 Å². The molecule has 4 unspecified atom stereocenters. The molecule has 94 valence electrons. The number of ether oxygens (including phenoxy) is 2. The number of nitrogens with two attached hydrogens (primary N) is 1. The van der Waals surface area contributed by atoms with E-state index in [0.717, 1.165) is 39.3 Å². The topological polar surface area (TPSA) is 56.5 Å². The van der Waals surface area contributed by atoms with Crippen LogP contribution in [0.2, 0.25) is 0 Å². The van der Waals surface area contributed by atoms with Crippen LogP contribution in [0.5, 0.6) is 0 Å². The van der Waals surface area contributed by atoms with Crippen molar-refractivity contribution >= 4 is 0 Å². The average molecular weight is 228 g/mol. The third kappa shape index (κ3) is 2.94. The summed E-state index contributed by atoms with van der Waals surface area (Å²) in [7, 11) is 0. The van der Waals surface area contributed by atoms with Gasteiger partial charge in [-0.2, -0.15) is 0 Å². The molecule has 0 saturated carbocycles. The van der Waals surface area contributed by atoms with Crippen molar-refractivity contribution in [3.63, 3.8) is 0 Å². The molecule has 0 amide bonds. The molecule has 3 N–H and O–H groups in total. The zero-order valence-electron chi connectivity index (χ0n) is 10.2. The summed E-state index contributed by atoms with van der Waals surface area (Å²) in [5, 5.41) is 3.52. The van der Waals surface area contributed by atoms with Crippen LogP contribution in [0.15, 0.2) is 0 Å². The largest absolute Gasteiger partial charge is 0.379 e. The molecular formula is C12H24N2O2. The molecule has 0 bridgehead atoms. The van der Waals surface area contributed by atoms with Gasteiger partial charge in [0.15, 0.2) is 0 Å². The van der Waals surface area contributed by atoms with Gasteiger partial charge in [-0.3, -0.25) is 0 Å². The average Bonchev–Trinajstić information content (AvgIpc) is 2.88. The molecule has 2 aliphatic rings. The Morgan fingerprint density at radius 3 is 2.75 bits per heavy atom. The van der Waals surface area contributed by atoms with E-state index in [1.54, 1.807) is 0 Å². The minimum absolute atomic E-state index is 0.217. The Bertz CT molecular complexity index is 213. The molecule has 4 heteroatoms. The number of hydrogen-bond donors (Lipinski definition) is 2. The fourth-order valence-corrected chi connectivity index (χ4v) is 2.66. The predicted molar refractivity (Wildman–Crippen MR) is 63.3 cm³/mol. The highest BCUT2D eigenvalue weighted by molar-refractivity contribution is 4.82. The maximum Gasteiger partial charge on any atom is 0.0621 e. The molecule has 2 saturated heterocycles.